The Morgan fingerprint density at radius 3 is 2.61 bits per heavy atom. The molecule has 1 aliphatic heterocycles. The van der Waals surface area contributed by atoms with Crippen LogP contribution in [-0.2, 0) is 4.74 Å². The Bertz CT molecular complexity index is 446. The van der Waals surface area contributed by atoms with Crippen LogP contribution in [0.2, 0.25) is 5.02 Å². The van der Waals surface area contributed by atoms with Crippen LogP contribution in [0.3, 0.4) is 0 Å². The number of anilines is 1. The van der Waals surface area contributed by atoms with Gasteiger partial charge in [0.1, 0.15) is 12.1 Å². The lowest BCUT2D eigenvalue weighted by Crippen LogP contribution is -2.40. The van der Waals surface area contributed by atoms with E-state index in [1.807, 2.05) is 31.2 Å². The number of hydrogen-bond acceptors (Lipinski definition) is 4. The van der Waals surface area contributed by atoms with Gasteiger partial charge < -0.3 is 15.4 Å². The molecule has 5 heteroatoms. The van der Waals surface area contributed by atoms with Crippen LogP contribution in [-0.4, -0.2) is 31.3 Å². The molecule has 0 aromatic heterocycles. The summed E-state index contributed by atoms with van der Waals surface area (Å²) in [6.07, 6.45) is 0. The predicted molar refractivity (Wildman–Crippen MR) is 75.3 cm³/mol. The lowest BCUT2D eigenvalue weighted by Gasteiger charge is -2.30. The average molecular weight is 268 g/mol. The molecule has 4 nitrogen and oxygen atoms in total. The van der Waals surface area contributed by atoms with Gasteiger partial charge in [-0.05, 0) is 38.1 Å². The van der Waals surface area contributed by atoms with Gasteiger partial charge in [0, 0.05) is 23.8 Å². The monoisotopic (exact) mass is 267 g/mol. The Morgan fingerprint density at radius 1 is 1.44 bits per heavy atom. The Kier molecular flexibility index (Phi) is 3.66. The maximum Gasteiger partial charge on any atom is 0.282 e. The molecule has 1 aromatic carbocycles. The van der Waals surface area contributed by atoms with Crippen LogP contribution >= 0.6 is 11.6 Å². The van der Waals surface area contributed by atoms with Crippen molar-refractivity contribution >= 4 is 23.3 Å². The van der Waals surface area contributed by atoms with Gasteiger partial charge in [-0.2, -0.15) is 0 Å². The summed E-state index contributed by atoms with van der Waals surface area (Å²) in [5.74, 6) is 0. The molecule has 0 amide bonds. The van der Waals surface area contributed by atoms with Crippen molar-refractivity contribution in [2.75, 3.05) is 24.6 Å². The van der Waals surface area contributed by atoms with Gasteiger partial charge in [-0.3, -0.25) is 0 Å². The van der Waals surface area contributed by atoms with Gasteiger partial charge in [0.2, 0.25) is 0 Å². The number of rotatable bonds is 4. The second-order valence-corrected chi connectivity index (χ2v) is 5.16. The molecule has 18 heavy (non-hydrogen) atoms. The number of nitrogens with zero attached hydrogens (tertiary/aromatic N) is 2. The molecule has 1 atom stereocenters. The molecule has 1 aromatic rings. The fourth-order valence-electron chi connectivity index (χ4n) is 2.09. The van der Waals surface area contributed by atoms with Crippen molar-refractivity contribution in [1.82, 2.24) is 0 Å². The SMILES string of the molecule is CCN(C[C@]1(C)COC(N)=N1)c1ccc(Cl)cc1. The summed E-state index contributed by atoms with van der Waals surface area (Å²) in [7, 11) is 0. The van der Waals surface area contributed by atoms with E-state index < -0.39 is 0 Å². The quantitative estimate of drug-likeness (QED) is 0.911. The highest BCUT2D eigenvalue weighted by atomic mass is 35.5. The molecule has 1 aliphatic rings. The van der Waals surface area contributed by atoms with E-state index in [1.165, 1.54) is 0 Å². The number of nitrogens with two attached hydrogens (primary N) is 1. The summed E-state index contributed by atoms with van der Waals surface area (Å²) in [6, 6.07) is 8.09. The summed E-state index contributed by atoms with van der Waals surface area (Å²) in [5.41, 5.74) is 6.43. The Balaban J connectivity index is 2.13. The molecular formula is C13H18ClN3O. The summed E-state index contributed by atoms with van der Waals surface area (Å²) in [6.45, 7) is 6.35. The van der Waals surface area contributed by atoms with Gasteiger partial charge in [0.15, 0.2) is 0 Å². The average Bonchev–Trinajstić information content (AvgIpc) is 2.68. The van der Waals surface area contributed by atoms with Crippen molar-refractivity contribution in [3.05, 3.63) is 29.3 Å². The van der Waals surface area contributed by atoms with Crippen molar-refractivity contribution in [1.29, 1.82) is 0 Å². The molecule has 98 valence electrons. The van der Waals surface area contributed by atoms with E-state index in [4.69, 9.17) is 22.1 Å². The van der Waals surface area contributed by atoms with Crippen LogP contribution < -0.4 is 10.6 Å². The lowest BCUT2D eigenvalue weighted by atomic mass is 10.0. The third-order valence-electron chi connectivity index (χ3n) is 3.02. The van der Waals surface area contributed by atoms with Crippen molar-refractivity contribution in [3.8, 4) is 0 Å². The maximum atomic E-state index is 5.90. The van der Waals surface area contributed by atoms with E-state index in [-0.39, 0.29) is 11.6 Å². The molecule has 2 N–H and O–H groups in total. The number of hydrogen-bond donors (Lipinski definition) is 1. The molecule has 0 fully saturated rings. The third-order valence-corrected chi connectivity index (χ3v) is 3.27. The van der Waals surface area contributed by atoms with Crippen molar-refractivity contribution in [2.24, 2.45) is 10.7 Å². The minimum absolute atomic E-state index is 0.278. The number of likely N-dealkylation sites (N-methyl/N-ethyl adjacent to an activating group) is 1. The van der Waals surface area contributed by atoms with Crippen molar-refractivity contribution in [3.63, 3.8) is 0 Å². The highest BCUT2D eigenvalue weighted by Crippen LogP contribution is 2.23. The number of aliphatic imine (C=N–C) groups is 1. The summed E-state index contributed by atoms with van der Waals surface area (Å²) < 4.78 is 5.25. The number of amidine groups is 1. The first-order valence-corrected chi connectivity index (χ1v) is 6.39. The summed E-state index contributed by atoms with van der Waals surface area (Å²) in [4.78, 5) is 6.59. The van der Waals surface area contributed by atoms with E-state index in [0.717, 1.165) is 23.8 Å². The third kappa shape index (κ3) is 2.88. The topological polar surface area (TPSA) is 50.9 Å². The van der Waals surface area contributed by atoms with Crippen LogP contribution in [0.25, 0.3) is 0 Å². The van der Waals surface area contributed by atoms with Gasteiger partial charge in [-0.15, -0.1) is 0 Å². The maximum absolute atomic E-state index is 5.90. The van der Waals surface area contributed by atoms with E-state index in [0.29, 0.717) is 6.61 Å². The zero-order chi connectivity index (χ0) is 13.2. The van der Waals surface area contributed by atoms with Crippen LogP contribution in [0.15, 0.2) is 29.3 Å². The molecule has 2 rings (SSSR count). The molecule has 0 saturated carbocycles. The minimum atomic E-state index is -0.278. The van der Waals surface area contributed by atoms with E-state index >= 15 is 0 Å². The first-order chi connectivity index (χ1) is 8.52. The first-order valence-electron chi connectivity index (χ1n) is 6.01. The van der Waals surface area contributed by atoms with Gasteiger partial charge in [-0.1, -0.05) is 11.6 Å². The smallest absolute Gasteiger partial charge is 0.282 e. The molecule has 0 bridgehead atoms. The fraction of sp³-hybridized carbons (Fsp3) is 0.462. The van der Waals surface area contributed by atoms with Gasteiger partial charge in [-0.25, -0.2) is 4.99 Å². The largest absolute Gasteiger partial charge is 0.463 e. The van der Waals surface area contributed by atoms with Crippen LogP contribution in [0, 0.1) is 0 Å². The van der Waals surface area contributed by atoms with Crippen LogP contribution in [0.5, 0.6) is 0 Å². The molecule has 0 aliphatic carbocycles. The standard InChI is InChI=1S/C13H18ClN3O/c1-3-17(11-6-4-10(14)5-7-11)8-13(2)9-18-12(15)16-13/h4-7H,3,8-9H2,1-2H3,(H2,15,16)/t13-/m1/s1. The zero-order valence-corrected chi connectivity index (χ0v) is 11.4. The molecule has 1 heterocycles. The van der Waals surface area contributed by atoms with Crippen molar-refractivity contribution in [2.45, 2.75) is 19.4 Å². The minimum Gasteiger partial charge on any atom is -0.463 e. The fourth-order valence-corrected chi connectivity index (χ4v) is 2.22. The number of halogens is 1. The second-order valence-electron chi connectivity index (χ2n) is 4.73. The van der Waals surface area contributed by atoms with E-state index in [9.17, 15) is 0 Å². The highest BCUT2D eigenvalue weighted by Gasteiger charge is 2.32. The second kappa shape index (κ2) is 5.06. The molecule has 0 saturated heterocycles. The van der Waals surface area contributed by atoms with Crippen LogP contribution in [0.4, 0.5) is 5.69 Å². The van der Waals surface area contributed by atoms with E-state index in [1.54, 1.807) is 0 Å². The van der Waals surface area contributed by atoms with Gasteiger partial charge in [0.25, 0.3) is 6.02 Å². The molecule has 0 unspecified atom stereocenters. The highest BCUT2D eigenvalue weighted by molar-refractivity contribution is 6.30. The molecular weight excluding hydrogens is 250 g/mol. The summed E-state index contributed by atoms with van der Waals surface area (Å²) >= 11 is 5.90. The van der Waals surface area contributed by atoms with Crippen molar-refractivity contribution < 1.29 is 4.74 Å². The Hall–Kier alpha value is -1.42. The van der Waals surface area contributed by atoms with Gasteiger partial charge in [0.05, 0.1) is 0 Å². The molecule has 0 spiro atoms. The predicted octanol–water partition coefficient (Wildman–Crippen LogP) is 2.27. The first kappa shape index (κ1) is 13.0. The normalized spacial score (nSPS) is 22.5. The Morgan fingerprint density at radius 2 is 2.11 bits per heavy atom. The van der Waals surface area contributed by atoms with E-state index in [2.05, 4.69) is 16.8 Å². The summed E-state index contributed by atoms with van der Waals surface area (Å²) in [5, 5.41) is 0.743. The molecule has 0 radical (unpaired) electrons. The van der Waals surface area contributed by atoms with Crippen LogP contribution in [0.1, 0.15) is 13.8 Å². The van der Waals surface area contributed by atoms with Gasteiger partial charge >= 0.3 is 0 Å². The zero-order valence-electron chi connectivity index (χ0n) is 10.7. The number of ether oxygens (including phenoxy) is 1. The number of benzene rings is 1. The Labute approximate surface area is 112 Å². The lowest BCUT2D eigenvalue weighted by molar-refractivity contribution is 0.266.